The van der Waals surface area contributed by atoms with Crippen LogP contribution in [0.2, 0.25) is 0 Å². The predicted octanol–water partition coefficient (Wildman–Crippen LogP) is 0.325. The molecule has 2 fully saturated rings. The van der Waals surface area contributed by atoms with E-state index >= 15 is 0 Å². The van der Waals surface area contributed by atoms with E-state index in [2.05, 4.69) is 15.6 Å². The van der Waals surface area contributed by atoms with Gasteiger partial charge in [0, 0.05) is 37.5 Å². The van der Waals surface area contributed by atoms with E-state index < -0.39 is 0 Å². The molecule has 0 bridgehead atoms. The van der Waals surface area contributed by atoms with E-state index in [-0.39, 0.29) is 24.0 Å². The van der Waals surface area contributed by atoms with Crippen molar-refractivity contribution in [1.29, 1.82) is 0 Å². The fourth-order valence-electron chi connectivity index (χ4n) is 2.63. The normalized spacial score (nSPS) is 24.0. The van der Waals surface area contributed by atoms with Crippen molar-refractivity contribution >= 4 is 11.9 Å². The van der Waals surface area contributed by atoms with Crippen molar-refractivity contribution in [3.05, 3.63) is 0 Å². The third-order valence-corrected chi connectivity index (χ3v) is 4.39. The Morgan fingerprint density at radius 1 is 1.43 bits per heavy atom. The molecule has 0 aromatic carbocycles. The molecule has 2 aliphatic rings. The Kier molecular flexibility index (Phi) is 5.45. The molecule has 1 saturated carbocycles. The number of hydrogen-bond donors (Lipinski definition) is 3. The van der Waals surface area contributed by atoms with Crippen LogP contribution in [0, 0.1) is 5.41 Å². The predicted molar refractivity (Wildman–Crippen MR) is 83.1 cm³/mol. The summed E-state index contributed by atoms with van der Waals surface area (Å²) in [6, 6.07) is 0.266. The third kappa shape index (κ3) is 4.33. The van der Waals surface area contributed by atoms with Gasteiger partial charge in [-0.3, -0.25) is 9.79 Å². The summed E-state index contributed by atoms with van der Waals surface area (Å²) in [7, 11) is 0. The molecule has 1 saturated heterocycles. The van der Waals surface area contributed by atoms with Gasteiger partial charge in [0.15, 0.2) is 5.96 Å². The van der Waals surface area contributed by atoms with Crippen LogP contribution >= 0.6 is 0 Å². The maximum absolute atomic E-state index is 11.7. The fraction of sp³-hybridized carbons (Fsp3) is 0.867. The van der Waals surface area contributed by atoms with Gasteiger partial charge >= 0.3 is 0 Å². The molecule has 0 spiro atoms. The van der Waals surface area contributed by atoms with Crippen LogP contribution in [0.3, 0.4) is 0 Å². The van der Waals surface area contributed by atoms with Crippen molar-refractivity contribution < 1.29 is 9.90 Å². The van der Waals surface area contributed by atoms with Gasteiger partial charge in [0.1, 0.15) is 0 Å². The largest absolute Gasteiger partial charge is 0.396 e. The van der Waals surface area contributed by atoms with Gasteiger partial charge in [-0.05, 0) is 26.2 Å². The van der Waals surface area contributed by atoms with Gasteiger partial charge in [-0.15, -0.1) is 0 Å². The molecule has 2 rings (SSSR count). The number of nitrogens with zero attached hydrogens (tertiary/aromatic N) is 2. The topological polar surface area (TPSA) is 77.0 Å². The summed E-state index contributed by atoms with van der Waals surface area (Å²) in [5.41, 5.74) is 0.0300. The average Bonchev–Trinajstić information content (AvgIpc) is 3.14. The van der Waals surface area contributed by atoms with Gasteiger partial charge < -0.3 is 20.6 Å². The van der Waals surface area contributed by atoms with Crippen molar-refractivity contribution in [2.45, 2.75) is 45.6 Å². The Hall–Kier alpha value is -1.30. The maximum Gasteiger partial charge on any atom is 0.222 e. The lowest BCUT2D eigenvalue weighted by Gasteiger charge is -2.19. The van der Waals surface area contributed by atoms with Crippen LogP contribution in [-0.4, -0.2) is 60.7 Å². The number of aliphatic hydroxyl groups is 1. The zero-order valence-corrected chi connectivity index (χ0v) is 13.2. The van der Waals surface area contributed by atoms with Crippen molar-refractivity contribution in [2.75, 3.05) is 32.8 Å². The third-order valence-electron chi connectivity index (χ3n) is 4.39. The molecule has 1 unspecified atom stereocenters. The van der Waals surface area contributed by atoms with E-state index in [0.29, 0.717) is 13.0 Å². The minimum absolute atomic E-state index is 0.0300. The number of rotatable bonds is 6. The zero-order valence-electron chi connectivity index (χ0n) is 13.2. The summed E-state index contributed by atoms with van der Waals surface area (Å²) in [4.78, 5) is 18.2. The Morgan fingerprint density at radius 3 is 2.76 bits per heavy atom. The standard InChI is InChI=1S/C15H28N4O2/c1-3-13(21)19-8-5-12(9-19)18-14(16-4-2)17-10-15(11-20)6-7-15/h12,20H,3-11H2,1-2H3,(H2,16,17,18). The van der Waals surface area contributed by atoms with Crippen LogP contribution in [0.5, 0.6) is 0 Å². The van der Waals surface area contributed by atoms with E-state index in [9.17, 15) is 9.90 Å². The molecule has 21 heavy (non-hydrogen) atoms. The van der Waals surface area contributed by atoms with Crippen molar-refractivity contribution in [2.24, 2.45) is 10.4 Å². The first-order valence-electron chi connectivity index (χ1n) is 8.06. The second-order valence-corrected chi connectivity index (χ2v) is 6.18. The lowest BCUT2D eigenvalue weighted by atomic mass is 10.1. The molecule has 0 aromatic heterocycles. The molecule has 3 N–H and O–H groups in total. The summed E-state index contributed by atoms with van der Waals surface area (Å²) < 4.78 is 0. The van der Waals surface area contributed by atoms with Gasteiger partial charge in [-0.25, -0.2) is 0 Å². The van der Waals surface area contributed by atoms with Crippen LogP contribution in [0.1, 0.15) is 39.5 Å². The second-order valence-electron chi connectivity index (χ2n) is 6.18. The fourth-order valence-corrected chi connectivity index (χ4v) is 2.63. The number of guanidine groups is 1. The maximum atomic E-state index is 11.7. The zero-order chi connectivity index (χ0) is 15.3. The van der Waals surface area contributed by atoms with E-state index in [1.807, 2.05) is 18.7 Å². The molecule has 1 aliphatic carbocycles. The number of amides is 1. The highest BCUT2D eigenvalue weighted by Crippen LogP contribution is 2.45. The van der Waals surface area contributed by atoms with Crippen molar-refractivity contribution in [3.8, 4) is 0 Å². The summed E-state index contributed by atoms with van der Waals surface area (Å²) in [5.74, 6) is 1.02. The van der Waals surface area contributed by atoms with Gasteiger partial charge in [0.25, 0.3) is 0 Å². The summed E-state index contributed by atoms with van der Waals surface area (Å²) in [6.45, 7) is 7.21. The van der Waals surface area contributed by atoms with Crippen LogP contribution in [0.25, 0.3) is 0 Å². The number of aliphatic hydroxyl groups excluding tert-OH is 1. The SMILES string of the molecule is CCNC(=NCC1(CO)CC1)NC1CCN(C(=O)CC)C1. The van der Waals surface area contributed by atoms with E-state index in [4.69, 9.17) is 0 Å². The second kappa shape index (κ2) is 7.11. The molecular formula is C15H28N4O2. The van der Waals surface area contributed by atoms with E-state index in [0.717, 1.165) is 44.9 Å². The molecule has 1 heterocycles. The number of hydrogen-bond acceptors (Lipinski definition) is 3. The molecule has 1 amide bonds. The molecule has 0 radical (unpaired) electrons. The minimum atomic E-state index is 0.0300. The highest BCUT2D eigenvalue weighted by molar-refractivity contribution is 5.80. The van der Waals surface area contributed by atoms with Crippen LogP contribution < -0.4 is 10.6 Å². The van der Waals surface area contributed by atoms with Crippen LogP contribution in [-0.2, 0) is 4.79 Å². The smallest absolute Gasteiger partial charge is 0.222 e. The quantitative estimate of drug-likeness (QED) is 0.487. The summed E-state index contributed by atoms with van der Waals surface area (Å²) in [5, 5.41) is 16.0. The highest BCUT2D eigenvalue weighted by atomic mass is 16.3. The number of nitrogens with one attached hydrogen (secondary N) is 2. The first-order valence-corrected chi connectivity index (χ1v) is 8.06. The lowest BCUT2D eigenvalue weighted by molar-refractivity contribution is -0.129. The Morgan fingerprint density at radius 2 is 2.19 bits per heavy atom. The Balaban J connectivity index is 1.85. The van der Waals surface area contributed by atoms with Gasteiger partial charge in [0.05, 0.1) is 13.2 Å². The van der Waals surface area contributed by atoms with Gasteiger partial charge in [-0.2, -0.15) is 0 Å². The van der Waals surface area contributed by atoms with E-state index in [1.165, 1.54) is 0 Å². The summed E-state index contributed by atoms with van der Waals surface area (Å²) in [6.07, 6.45) is 3.66. The first-order chi connectivity index (χ1) is 10.1. The van der Waals surface area contributed by atoms with E-state index in [1.54, 1.807) is 0 Å². The Labute approximate surface area is 127 Å². The lowest BCUT2D eigenvalue weighted by Crippen LogP contribution is -2.45. The molecular weight excluding hydrogens is 268 g/mol. The molecule has 120 valence electrons. The molecule has 1 aliphatic heterocycles. The number of likely N-dealkylation sites (tertiary alicyclic amines) is 1. The number of carbonyl (C=O) groups is 1. The summed E-state index contributed by atoms with van der Waals surface area (Å²) >= 11 is 0. The average molecular weight is 296 g/mol. The highest BCUT2D eigenvalue weighted by Gasteiger charge is 2.41. The van der Waals surface area contributed by atoms with Crippen LogP contribution in [0.4, 0.5) is 0 Å². The Bertz CT molecular complexity index is 393. The van der Waals surface area contributed by atoms with Crippen molar-refractivity contribution in [3.63, 3.8) is 0 Å². The molecule has 0 aromatic rings. The minimum Gasteiger partial charge on any atom is -0.396 e. The molecule has 6 nitrogen and oxygen atoms in total. The first kappa shape index (κ1) is 16.1. The number of aliphatic imine (C=N–C) groups is 1. The van der Waals surface area contributed by atoms with Crippen molar-refractivity contribution in [1.82, 2.24) is 15.5 Å². The van der Waals surface area contributed by atoms with Crippen LogP contribution in [0.15, 0.2) is 4.99 Å². The molecule has 6 heteroatoms. The number of carbonyl (C=O) groups excluding carboxylic acids is 1. The van der Waals surface area contributed by atoms with Gasteiger partial charge in [-0.1, -0.05) is 6.92 Å². The monoisotopic (exact) mass is 296 g/mol. The molecule has 1 atom stereocenters. The van der Waals surface area contributed by atoms with Gasteiger partial charge in [0.2, 0.25) is 5.91 Å².